The second-order valence-electron chi connectivity index (χ2n) is 2.07. The number of hydrogen-bond donors (Lipinski definition) is 0. The molecule has 0 aromatic carbocycles. The first-order valence-electron chi connectivity index (χ1n) is 3.00. The number of nitrogens with zero attached hydrogens (tertiary/aromatic N) is 1. The van der Waals surface area contributed by atoms with Gasteiger partial charge in [0, 0.05) is 6.20 Å². The molecule has 0 N–H and O–H groups in total. The Kier molecular flexibility index (Phi) is 1.22. The van der Waals surface area contributed by atoms with Crippen LogP contribution >= 0.6 is 12.2 Å². The third-order valence-corrected chi connectivity index (χ3v) is 1.66. The van der Waals surface area contributed by atoms with Gasteiger partial charge in [-0.3, -0.25) is 4.79 Å². The van der Waals surface area contributed by atoms with Crippen molar-refractivity contribution in [2.75, 3.05) is 0 Å². The van der Waals surface area contributed by atoms with Crippen LogP contribution in [0.2, 0.25) is 0 Å². The quantitative estimate of drug-likeness (QED) is 0.537. The Bertz CT molecular complexity index is 348. The lowest BCUT2D eigenvalue weighted by molar-refractivity contribution is 0.106. The van der Waals surface area contributed by atoms with E-state index in [1.165, 1.54) is 0 Å². The highest BCUT2D eigenvalue weighted by molar-refractivity contribution is 7.81. The molecule has 4 heteroatoms. The van der Waals surface area contributed by atoms with Gasteiger partial charge in [-0.25, -0.2) is 4.98 Å². The lowest BCUT2D eigenvalue weighted by Crippen LogP contribution is -2.07. The molecular weight excluding hydrogens is 162 g/mol. The maximum Gasteiger partial charge on any atom is 0.245 e. The number of thiocarbonyl (C=S) groups is 1. The molecular formula is C7H3NO2S. The van der Waals surface area contributed by atoms with Gasteiger partial charge in [0.15, 0.2) is 0 Å². The van der Waals surface area contributed by atoms with Crippen molar-refractivity contribution in [3.05, 3.63) is 23.9 Å². The van der Waals surface area contributed by atoms with Crippen molar-refractivity contribution >= 4 is 23.1 Å². The minimum Gasteiger partial charge on any atom is -0.423 e. The van der Waals surface area contributed by atoms with Crippen LogP contribution in [0.5, 0.6) is 5.88 Å². The third kappa shape index (κ3) is 0.832. The Morgan fingerprint density at radius 2 is 2.36 bits per heavy atom. The van der Waals surface area contributed by atoms with Crippen LogP contribution in [0.1, 0.15) is 10.4 Å². The summed E-state index contributed by atoms with van der Waals surface area (Å²) in [6, 6.07) is 3.32. The number of aromatic nitrogens is 1. The lowest BCUT2D eigenvalue weighted by Gasteiger charge is -1.90. The number of fused-ring (bicyclic) bond motifs is 1. The number of pyridine rings is 1. The molecule has 0 spiro atoms. The Morgan fingerprint density at radius 1 is 1.55 bits per heavy atom. The van der Waals surface area contributed by atoms with E-state index < -0.39 is 0 Å². The fraction of sp³-hybridized carbons (Fsp3) is 0. The molecule has 0 amide bonds. The Morgan fingerprint density at radius 3 is 3.09 bits per heavy atom. The van der Waals surface area contributed by atoms with E-state index in [-0.39, 0.29) is 10.8 Å². The van der Waals surface area contributed by atoms with Crippen molar-refractivity contribution in [2.24, 2.45) is 0 Å². The van der Waals surface area contributed by atoms with E-state index in [4.69, 9.17) is 4.74 Å². The van der Waals surface area contributed by atoms with Gasteiger partial charge in [-0.2, -0.15) is 0 Å². The number of hydrogen-bond acceptors (Lipinski definition) is 4. The summed E-state index contributed by atoms with van der Waals surface area (Å²) in [6.45, 7) is 0. The summed E-state index contributed by atoms with van der Waals surface area (Å²) in [6.07, 6.45) is 1.56. The summed E-state index contributed by atoms with van der Waals surface area (Å²) >= 11 is 4.64. The molecule has 0 saturated carbocycles. The van der Waals surface area contributed by atoms with Gasteiger partial charge in [-0.1, -0.05) is 0 Å². The van der Waals surface area contributed by atoms with Crippen molar-refractivity contribution in [1.29, 1.82) is 0 Å². The fourth-order valence-corrected chi connectivity index (χ4v) is 1.08. The maximum atomic E-state index is 11.1. The normalized spacial score (nSPS) is 14.5. The maximum absolute atomic E-state index is 11.1. The predicted octanol–water partition coefficient (Wildman–Crippen LogP) is 0.984. The first-order chi connectivity index (χ1) is 5.29. The van der Waals surface area contributed by atoms with Crippen LogP contribution in [0.25, 0.3) is 0 Å². The van der Waals surface area contributed by atoms with Crippen LogP contribution in [-0.2, 0) is 0 Å². The summed E-state index contributed by atoms with van der Waals surface area (Å²) in [5, 5.41) is -0.0151. The van der Waals surface area contributed by atoms with Gasteiger partial charge in [-0.05, 0) is 24.4 Å². The van der Waals surface area contributed by atoms with E-state index in [1.807, 2.05) is 0 Å². The average Bonchev–Trinajstić information content (AvgIpc) is 2.30. The highest BCUT2D eigenvalue weighted by Crippen LogP contribution is 2.22. The van der Waals surface area contributed by atoms with Crippen molar-refractivity contribution in [3.8, 4) is 5.88 Å². The zero-order valence-corrected chi connectivity index (χ0v) is 6.22. The fourth-order valence-electron chi connectivity index (χ4n) is 0.889. The van der Waals surface area contributed by atoms with E-state index >= 15 is 0 Å². The monoisotopic (exact) mass is 165 g/mol. The summed E-state index contributed by atoms with van der Waals surface area (Å²) < 4.78 is 4.89. The van der Waals surface area contributed by atoms with Crippen LogP contribution in [0.3, 0.4) is 0 Å². The van der Waals surface area contributed by atoms with Gasteiger partial charge < -0.3 is 4.74 Å². The van der Waals surface area contributed by atoms with Gasteiger partial charge in [0.2, 0.25) is 16.7 Å². The third-order valence-electron chi connectivity index (χ3n) is 1.39. The van der Waals surface area contributed by atoms with Gasteiger partial charge in [-0.15, -0.1) is 0 Å². The van der Waals surface area contributed by atoms with Crippen molar-refractivity contribution in [2.45, 2.75) is 0 Å². The average molecular weight is 165 g/mol. The van der Waals surface area contributed by atoms with Crippen LogP contribution in [-0.4, -0.2) is 15.8 Å². The Hall–Kier alpha value is -1.29. The molecule has 11 heavy (non-hydrogen) atoms. The summed E-state index contributed by atoms with van der Waals surface area (Å²) in [5.41, 5.74) is 0.456. The first-order valence-corrected chi connectivity index (χ1v) is 3.41. The smallest absolute Gasteiger partial charge is 0.245 e. The molecule has 1 aromatic heterocycles. The number of carbonyl (C=O) groups is 1. The van der Waals surface area contributed by atoms with Crippen molar-refractivity contribution in [3.63, 3.8) is 0 Å². The number of carbonyl (C=O) groups excluding carboxylic acids is 1. The highest BCUT2D eigenvalue weighted by atomic mass is 32.1. The molecule has 1 aromatic rings. The SMILES string of the molecule is O=C1C(=S)Oc2ncccc21. The molecule has 3 nitrogen and oxygen atoms in total. The van der Waals surface area contributed by atoms with E-state index in [1.54, 1.807) is 18.3 Å². The number of Topliss-reactive ketones (excluding diaryl/α,β-unsaturated/α-hetero) is 1. The summed E-state index contributed by atoms with van der Waals surface area (Å²) in [5.74, 6) is 0.0746. The van der Waals surface area contributed by atoms with Gasteiger partial charge >= 0.3 is 0 Å². The molecule has 0 unspecified atom stereocenters. The topological polar surface area (TPSA) is 39.2 Å². The second-order valence-corrected chi connectivity index (χ2v) is 2.45. The lowest BCUT2D eigenvalue weighted by atomic mass is 10.2. The zero-order chi connectivity index (χ0) is 7.84. The minimum absolute atomic E-state index is 0.0151. The molecule has 0 saturated heterocycles. The number of ether oxygens (including phenoxy) is 1. The molecule has 1 aliphatic rings. The van der Waals surface area contributed by atoms with E-state index in [0.717, 1.165) is 0 Å². The Balaban J connectivity index is 2.64. The van der Waals surface area contributed by atoms with Gasteiger partial charge in [0.25, 0.3) is 0 Å². The molecule has 2 rings (SSSR count). The largest absolute Gasteiger partial charge is 0.423 e. The standard InChI is InChI=1S/C7H3NO2S/c9-5-4-2-1-3-8-6(4)10-7(5)11/h1-3H. The van der Waals surface area contributed by atoms with E-state index in [9.17, 15) is 4.79 Å². The van der Waals surface area contributed by atoms with E-state index in [0.29, 0.717) is 11.4 Å². The summed E-state index contributed by atoms with van der Waals surface area (Å²) in [7, 11) is 0. The highest BCUT2D eigenvalue weighted by Gasteiger charge is 2.27. The molecule has 54 valence electrons. The number of rotatable bonds is 0. The molecule has 0 aliphatic carbocycles. The molecule has 1 aliphatic heterocycles. The molecule has 0 radical (unpaired) electrons. The molecule has 0 bridgehead atoms. The first kappa shape index (κ1) is 6.42. The minimum atomic E-state index is -0.247. The summed E-state index contributed by atoms with van der Waals surface area (Å²) in [4.78, 5) is 14.9. The van der Waals surface area contributed by atoms with Crippen molar-refractivity contribution < 1.29 is 9.53 Å². The van der Waals surface area contributed by atoms with Crippen LogP contribution in [0, 0.1) is 0 Å². The van der Waals surface area contributed by atoms with Crippen LogP contribution in [0.15, 0.2) is 18.3 Å². The molecule has 0 atom stereocenters. The predicted molar refractivity (Wildman–Crippen MR) is 41.8 cm³/mol. The van der Waals surface area contributed by atoms with Crippen molar-refractivity contribution in [1.82, 2.24) is 4.98 Å². The Labute approximate surface area is 68.0 Å². The zero-order valence-electron chi connectivity index (χ0n) is 5.40. The molecule has 0 fully saturated rings. The van der Waals surface area contributed by atoms with E-state index in [2.05, 4.69) is 17.2 Å². The second kappa shape index (κ2) is 2.10. The molecule has 2 heterocycles. The van der Waals surface area contributed by atoms with Crippen LogP contribution in [0.4, 0.5) is 0 Å². The number of ketones is 1. The van der Waals surface area contributed by atoms with Crippen LogP contribution < -0.4 is 4.74 Å². The van der Waals surface area contributed by atoms with Gasteiger partial charge in [0.1, 0.15) is 0 Å². The van der Waals surface area contributed by atoms with Gasteiger partial charge in [0.05, 0.1) is 5.56 Å².